The maximum Gasteiger partial charge on any atom is 0.0502 e. The standard InChI is InChI=1S/C15H23NO/c1-12-5-2-3-7-14(12)15(11-17)13-6-4-9-16-10-8-13/h2-3,5,7,13,15-17H,4,6,8-11H2,1H3. The van der Waals surface area contributed by atoms with Crippen molar-refractivity contribution in [1.82, 2.24) is 5.32 Å². The van der Waals surface area contributed by atoms with Gasteiger partial charge in [0.05, 0.1) is 6.61 Å². The van der Waals surface area contributed by atoms with Crippen LogP contribution in [0.3, 0.4) is 0 Å². The first-order chi connectivity index (χ1) is 8.33. The molecular weight excluding hydrogens is 210 g/mol. The van der Waals surface area contributed by atoms with E-state index in [1.807, 2.05) is 0 Å². The summed E-state index contributed by atoms with van der Waals surface area (Å²) in [5.74, 6) is 0.937. The normalized spacial score (nSPS) is 23.1. The molecule has 1 saturated heterocycles. The third kappa shape index (κ3) is 3.08. The van der Waals surface area contributed by atoms with Crippen LogP contribution in [-0.4, -0.2) is 24.8 Å². The highest BCUT2D eigenvalue weighted by Crippen LogP contribution is 2.32. The molecule has 1 aliphatic rings. The summed E-state index contributed by atoms with van der Waals surface area (Å²) in [6.45, 7) is 4.64. The Morgan fingerprint density at radius 1 is 1.29 bits per heavy atom. The number of hydrogen-bond donors (Lipinski definition) is 2. The lowest BCUT2D eigenvalue weighted by molar-refractivity contribution is 0.215. The summed E-state index contributed by atoms with van der Waals surface area (Å²) in [6, 6.07) is 8.48. The molecule has 1 aromatic carbocycles. The summed E-state index contributed by atoms with van der Waals surface area (Å²) in [4.78, 5) is 0. The molecule has 0 bridgehead atoms. The molecule has 1 heterocycles. The Bertz CT molecular complexity index is 343. The summed E-state index contributed by atoms with van der Waals surface area (Å²) in [5.41, 5.74) is 2.64. The summed E-state index contributed by atoms with van der Waals surface area (Å²) in [5, 5.41) is 13.2. The van der Waals surface area contributed by atoms with E-state index in [0.717, 1.165) is 13.1 Å². The van der Waals surface area contributed by atoms with Crippen molar-refractivity contribution in [3.63, 3.8) is 0 Å². The minimum absolute atomic E-state index is 0.273. The van der Waals surface area contributed by atoms with E-state index >= 15 is 0 Å². The van der Waals surface area contributed by atoms with Gasteiger partial charge in [0.1, 0.15) is 0 Å². The smallest absolute Gasteiger partial charge is 0.0502 e. The monoisotopic (exact) mass is 233 g/mol. The zero-order chi connectivity index (χ0) is 12.1. The zero-order valence-electron chi connectivity index (χ0n) is 10.7. The fourth-order valence-corrected chi connectivity index (χ4v) is 2.95. The van der Waals surface area contributed by atoms with E-state index in [2.05, 4.69) is 36.5 Å². The summed E-state index contributed by atoms with van der Waals surface area (Å²) >= 11 is 0. The van der Waals surface area contributed by atoms with Crippen LogP contribution in [0.25, 0.3) is 0 Å². The van der Waals surface area contributed by atoms with Crippen molar-refractivity contribution in [1.29, 1.82) is 0 Å². The largest absolute Gasteiger partial charge is 0.396 e. The summed E-state index contributed by atoms with van der Waals surface area (Å²) < 4.78 is 0. The second-order valence-electron chi connectivity index (χ2n) is 5.09. The molecule has 0 spiro atoms. The molecule has 2 atom stereocenters. The van der Waals surface area contributed by atoms with Crippen molar-refractivity contribution in [2.24, 2.45) is 5.92 Å². The van der Waals surface area contributed by atoms with Gasteiger partial charge in [0.2, 0.25) is 0 Å². The van der Waals surface area contributed by atoms with Gasteiger partial charge in [-0.05, 0) is 56.3 Å². The van der Waals surface area contributed by atoms with Gasteiger partial charge in [0, 0.05) is 5.92 Å². The van der Waals surface area contributed by atoms with Crippen LogP contribution in [-0.2, 0) is 0 Å². The minimum atomic E-state index is 0.273. The lowest BCUT2D eigenvalue weighted by Gasteiger charge is -2.26. The SMILES string of the molecule is Cc1ccccc1C(CO)C1CCCNCC1. The minimum Gasteiger partial charge on any atom is -0.396 e. The highest BCUT2D eigenvalue weighted by atomic mass is 16.3. The maximum absolute atomic E-state index is 9.73. The summed E-state index contributed by atoms with van der Waals surface area (Å²) in [6.07, 6.45) is 3.64. The van der Waals surface area contributed by atoms with E-state index in [1.54, 1.807) is 0 Å². The molecule has 17 heavy (non-hydrogen) atoms. The van der Waals surface area contributed by atoms with Crippen LogP contribution in [0, 0.1) is 12.8 Å². The van der Waals surface area contributed by atoms with Crippen molar-refractivity contribution in [2.75, 3.05) is 19.7 Å². The van der Waals surface area contributed by atoms with Gasteiger partial charge < -0.3 is 10.4 Å². The molecule has 0 saturated carbocycles. The Kier molecular flexibility index (Phi) is 4.57. The Morgan fingerprint density at radius 3 is 2.88 bits per heavy atom. The van der Waals surface area contributed by atoms with Crippen LogP contribution < -0.4 is 5.32 Å². The van der Waals surface area contributed by atoms with Crippen LogP contribution in [0.5, 0.6) is 0 Å². The van der Waals surface area contributed by atoms with Crippen LogP contribution in [0.1, 0.15) is 36.3 Å². The third-order valence-electron chi connectivity index (χ3n) is 3.97. The lowest BCUT2D eigenvalue weighted by atomic mass is 9.80. The van der Waals surface area contributed by atoms with Crippen LogP contribution >= 0.6 is 0 Å². The number of aryl methyl sites for hydroxylation is 1. The van der Waals surface area contributed by atoms with Gasteiger partial charge in [-0.15, -0.1) is 0 Å². The van der Waals surface area contributed by atoms with Crippen molar-refractivity contribution in [2.45, 2.75) is 32.1 Å². The van der Waals surface area contributed by atoms with E-state index in [1.165, 1.54) is 30.4 Å². The lowest BCUT2D eigenvalue weighted by Crippen LogP contribution is -2.19. The molecule has 0 amide bonds. The number of nitrogens with one attached hydrogen (secondary N) is 1. The van der Waals surface area contributed by atoms with Crippen LogP contribution in [0.15, 0.2) is 24.3 Å². The van der Waals surface area contributed by atoms with E-state index in [4.69, 9.17) is 0 Å². The Hall–Kier alpha value is -0.860. The van der Waals surface area contributed by atoms with Crippen molar-refractivity contribution >= 4 is 0 Å². The van der Waals surface area contributed by atoms with E-state index in [0.29, 0.717) is 11.8 Å². The van der Waals surface area contributed by atoms with E-state index < -0.39 is 0 Å². The molecule has 94 valence electrons. The first kappa shape index (κ1) is 12.6. The zero-order valence-corrected chi connectivity index (χ0v) is 10.7. The number of aliphatic hydroxyl groups is 1. The first-order valence-electron chi connectivity index (χ1n) is 6.70. The fourth-order valence-electron chi connectivity index (χ4n) is 2.95. The summed E-state index contributed by atoms with van der Waals surface area (Å²) in [7, 11) is 0. The average molecular weight is 233 g/mol. The highest BCUT2D eigenvalue weighted by Gasteiger charge is 2.24. The predicted octanol–water partition coefficient (Wildman–Crippen LogP) is 2.46. The van der Waals surface area contributed by atoms with Gasteiger partial charge in [-0.25, -0.2) is 0 Å². The molecule has 0 aromatic heterocycles. The molecule has 1 fully saturated rings. The van der Waals surface area contributed by atoms with Gasteiger partial charge in [-0.3, -0.25) is 0 Å². The maximum atomic E-state index is 9.73. The van der Waals surface area contributed by atoms with Crippen molar-refractivity contribution in [3.05, 3.63) is 35.4 Å². The van der Waals surface area contributed by atoms with Gasteiger partial charge in [-0.2, -0.15) is 0 Å². The quantitative estimate of drug-likeness (QED) is 0.840. The van der Waals surface area contributed by atoms with E-state index in [-0.39, 0.29) is 6.61 Å². The second kappa shape index (κ2) is 6.18. The number of aliphatic hydroxyl groups excluding tert-OH is 1. The molecular formula is C15H23NO. The van der Waals surface area contributed by atoms with Crippen LogP contribution in [0.4, 0.5) is 0 Å². The van der Waals surface area contributed by atoms with Crippen molar-refractivity contribution < 1.29 is 5.11 Å². The number of benzene rings is 1. The molecule has 0 aliphatic carbocycles. The Balaban J connectivity index is 2.17. The third-order valence-corrected chi connectivity index (χ3v) is 3.97. The Labute approximate surface area is 104 Å². The van der Waals surface area contributed by atoms with Crippen LogP contribution in [0.2, 0.25) is 0 Å². The molecule has 1 aromatic rings. The molecule has 2 unspecified atom stereocenters. The molecule has 0 radical (unpaired) electrons. The first-order valence-corrected chi connectivity index (χ1v) is 6.70. The second-order valence-corrected chi connectivity index (χ2v) is 5.09. The average Bonchev–Trinajstić information content (AvgIpc) is 2.62. The molecule has 2 nitrogen and oxygen atoms in total. The predicted molar refractivity (Wildman–Crippen MR) is 71.2 cm³/mol. The topological polar surface area (TPSA) is 32.3 Å². The molecule has 2 N–H and O–H groups in total. The van der Waals surface area contributed by atoms with Gasteiger partial charge in [0.25, 0.3) is 0 Å². The fraction of sp³-hybridized carbons (Fsp3) is 0.600. The Morgan fingerprint density at radius 2 is 2.12 bits per heavy atom. The van der Waals surface area contributed by atoms with E-state index in [9.17, 15) is 5.11 Å². The highest BCUT2D eigenvalue weighted by molar-refractivity contribution is 5.29. The van der Waals surface area contributed by atoms with Gasteiger partial charge >= 0.3 is 0 Å². The van der Waals surface area contributed by atoms with Gasteiger partial charge in [0.15, 0.2) is 0 Å². The molecule has 1 aliphatic heterocycles. The van der Waals surface area contributed by atoms with Gasteiger partial charge in [-0.1, -0.05) is 24.3 Å². The number of hydrogen-bond acceptors (Lipinski definition) is 2. The van der Waals surface area contributed by atoms with Crippen molar-refractivity contribution in [3.8, 4) is 0 Å². The molecule has 2 rings (SSSR count). The molecule has 2 heteroatoms. The number of rotatable bonds is 3.